The van der Waals surface area contributed by atoms with E-state index in [1.54, 1.807) is 6.92 Å². The van der Waals surface area contributed by atoms with E-state index in [0.717, 1.165) is 24.9 Å². The molecule has 1 fully saturated rings. The summed E-state index contributed by atoms with van der Waals surface area (Å²) in [7, 11) is -3.50. The Morgan fingerprint density at radius 3 is 2.45 bits per heavy atom. The van der Waals surface area contributed by atoms with E-state index >= 15 is 0 Å². The summed E-state index contributed by atoms with van der Waals surface area (Å²) in [6, 6.07) is 0.0663. The van der Waals surface area contributed by atoms with Gasteiger partial charge in [-0.3, -0.25) is 0 Å². The molecule has 0 saturated heterocycles. The molecule has 1 saturated carbocycles. The van der Waals surface area contributed by atoms with Crippen LogP contribution in [0.25, 0.3) is 0 Å². The molecular formula is C14H24N2O3S. The molecule has 1 aliphatic rings. The van der Waals surface area contributed by atoms with E-state index in [2.05, 4.69) is 17.0 Å². The van der Waals surface area contributed by atoms with Gasteiger partial charge in [0.15, 0.2) is 0 Å². The molecule has 0 aromatic carbocycles. The van der Waals surface area contributed by atoms with Crippen LogP contribution in [0.4, 0.5) is 0 Å². The molecule has 0 atom stereocenters. The smallest absolute Gasteiger partial charge is 0.244 e. The minimum Gasteiger partial charge on any atom is -0.465 e. The van der Waals surface area contributed by atoms with Crippen LogP contribution in [0.1, 0.15) is 43.8 Å². The van der Waals surface area contributed by atoms with Crippen LogP contribution in [-0.4, -0.2) is 21.0 Å². The lowest BCUT2D eigenvalue weighted by atomic mass is 9.83. The van der Waals surface area contributed by atoms with E-state index in [-0.39, 0.29) is 6.04 Å². The van der Waals surface area contributed by atoms with Gasteiger partial charge < -0.3 is 9.73 Å². The van der Waals surface area contributed by atoms with Gasteiger partial charge in [0.1, 0.15) is 16.4 Å². The van der Waals surface area contributed by atoms with Crippen LogP contribution >= 0.6 is 0 Å². The molecule has 0 unspecified atom stereocenters. The van der Waals surface area contributed by atoms with Gasteiger partial charge in [0, 0.05) is 18.2 Å². The molecule has 0 amide bonds. The van der Waals surface area contributed by atoms with E-state index in [1.165, 1.54) is 0 Å². The maximum absolute atomic E-state index is 12.6. The van der Waals surface area contributed by atoms with Crippen molar-refractivity contribution in [1.82, 2.24) is 10.0 Å². The molecule has 2 N–H and O–H groups in total. The van der Waals surface area contributed by atoms with Crippen molar-refractivity contribution in [2.45, 2.75) is 58.0 Å². The van der Waals surface area contributed by atoms with Gasteiger partial charge in [0.2, 0.25) is 10.0 Å². The highest BCUT2D eigenvalue weighted by Crippen LogP contribution is 2.31. The monoisotopic (exact) mass is 300 g/mol. The van der Waals surface area contributed by atoms with E-state index in [9.17, 15) is 8.42 Å². The average molecular weight is 300 g/mol. The van der Waals surface area contributed by atoms with E-state index in [4.69, 9.17) is 4.42 Å². The highest BCUT2D eigenvalue weighted by atomic mass is 32.2. The fraction of sp³-hybridized carbons (Fsp3) is 0.714. The Morgan fingerprint density at radius 2 is 1.90 bits per heavy atom. The molecule has 0 spiro atoms. The first-order chi connectivity index (χ1) is 9.35. The summed E-state index contributed by atoms with van der Waals surface area (Å²) in [6.07, 6.45) is 1.83. The second-order valence-corrected chi connectivity index (χ2v) is 7.35. The number of aryl methyl sites for hydroxylation is 2. The van der Waals surface area contributed by atoms with E-state index in [0.29, 0.717) is 28.9 Å². The quantitative estimate of drug-likeness (QED) is 0.844. The van der Waals surface area contributed by atoms with Crippen LogP contribution in [0, 0.1) is 19.8 Å². The SMILES string of the molecule is CCNCc1c(C)oc(C)c1S(=O)(=O)NC1CC(C)C1. The number of hydrogen-bond donors (Lipinski definition) is 2. The lowest BCUT2D eigenvalue weighted by molar-refractivity contribution is 0.270. The normalized spacial score (nSPS) is 22.8. The molecule has 0 radical (unpaired) electrons. The van der Waals surface area contributed by atoms with Gasteiger partial charge in [-0.1, -0.05) is 13.8 Å². The second kappa shape index (κ2) is 5.87. The Kier molecular flexibility index (Phi) is 4.56. The predicted octanol–water partition coefficient (Wildman–Crippen LogP) is 2.08. The zero-order valence-electron chi connectivity index (χ0n) is 12.6. The predicted molar refractivity (Wildman–Crippen MR) is 78.1 cm³/mol. The minimum absolute atomic E-state index is 0.0663. The maximum atomic E-state index is 12.6. The average Bonchev–Trinajstić information content (AvgIpc) is 2.59. The third kappa shape index (κ3) is 3.07. The molecule has 0 aliphatic heterocycles. The molecule has 5 nitrogen and oxygen atoms in total. The molecular weight excluding hydrogens is 276 g/mol. The van der Waals surface area contributed by atoms with Crippen molar-refractivity contribution in [3.8, 4) is 0 Å². The van der Waals surface area contributed by atoms with Crippen molar-refractivity contribution in [3.05, 3.63) is 17.1 Å². The topological polar surface area (TPSA) is 71.3 Å². The van der Waals surface area contributed by atoms with Gasteiger partial charge >= 0.3 is 0 Å². The van der Waals surface area contributed by atoms with Crippen molar-refractivity contribution >= 4 is 10.0 Å². The number of sulfonamides is 1. The fourth-order valence-electron chi connectivity index (χ4n) is 2.79. The third-order valence-electron chi connectivity index (χ3n) is 3.84. The van der Waals surface area contributed by atoms with E-state index < -0.39 is 10.0 Å². The molecule has 0 bridgehead atoms. The summed E-state index contributed by atoms with van der Waals surface area (Å²) in [6.45, 7) is 8.94. The number of rotatable bonds is 6. The first-order valence-corrected chi connectivity index (χ1v) is 8.65. The van der Waals surface area contributed by atoms with Crippen LogP contribution < -0.4 is 10.0 Å². The summed E-state index contributed by atoms with van der Waals surface area (Å²) in [5.41, 5.74) is 0.740. The summed E-state index contributed by atoms with van der Waals surface area (Å²) in [5, 5.41) is 3.17. The lowest BCUT2D eigenvalue weighted by Gasteiger charge is -2.32. The first kappa shape index (κ1) is 15.5. The zero-order valence-corrected chi connectivity index (χ0v) is 13.4. The standard InChI is InChI=1S/C14H24N2O3S/c1-5-15-8-13-10(3)19-11(4)14(13)20(17,18)16-12-6-9(2)7-12/h9,12,15-16H,5-8H2,1-4H3. The Balaban J connectivity index is 2.25. The molecule has 1 aliphatic carbocycles. The molecule has 20 heavy (non-hydrogen) atoms. The first-order valence-electron chi connectivity index (χ1n) is 7.17. The summed E-state index contributed by atoms with van der Waals surface area (Å²) in [4.78, 5) is 0.315. The molecule has 1 aromatic rings. The number of furan rings is 1. The summed E-state index contributed by atoms with van der Waals surface area (Å²) in [5.74, 6) is 1.75. The fourth-order valence-corrected chi connectivity index (χ4v) is 4.50. The summed E-state index contributed by atoms with van der Waals surface area (Å²) >= 11 is 0. The van der Waals surface area contributed by atoms with Crippen molar-refractivity contribution in [1.29, 1.82) is 0 Å². The van der Waals surface area contributed by atoms with Gasteiger partial charge in [0.25, 0.3) is 0 Å². The van der Waals surface area contributed by atoms with Crippen LogP contribution in [0.2, 0.25) is 0 Å². The Hall–Kier alpha value is -0.850. The van der Waals surface area contributed by atoms with Gasteiger partial charge in [-0.15, -0.1) is 0 Å². The van der Waals surface area contributed by atoms with Crippen LogP contribution in [-0.2, 0) is 16.6 Å². The number of hydrogen-bond acceptors (Lipinski definition) is 4. The third-order valence-corrected chi connectivity index (χ3v) is 5.56. The minimum atomic E-state index is -3.50. The lowest BCUT2D eigenvalue weighted by Crippen LogP contribution is -2.43. The Labute approximate surface area is 121 Å². The molecule has 6 heteroatoms. The van der Waals surface area contributed by atoms with Crippen molar-refractivity contribution < 1.29 is 12.8 Å². The van der Waals surface area contributed by atoms with Gasteiger partial charge in [-0.25, -0.2) is 13.1 Å². The second-order valence-electron chi connectivity index (χ2n) is 5.70. The zero-order chi connectivity index (χ0) is 14.9. The van der Waals surface area contributed by atoms with E-state index in [1.807, 2.05) is 13.8 Å². The van der Waals surface area contributed by atoms with Crippen molar-refractivity contribution in [2.75, 3.05) is 6.54 Å². The molecule has 1 aromatic heterocycles. The van der Waals surface area contributed by atoms with Crippen LogP contribution in [0.5, 0.6) is 0 Å². The van der Waals surface area contributed by atoms with Crippen molar-refractivity contribution in [2.24, 2.45) is 5.92 Å². The molecule has 2 rings (SSSR count). The van der Waals surface area contributed by atoms with Gasteiger partial charge in [-0.2, -0.15) is 0 Å². The van der Waals surface area contributed by atoms with Gasteiger partial charge in [-0.05, 0) is 39.2 Å². The highest BCUT2D eigenvalue weighted by Gasteiger charge is 2.33. The van der Waals surface area contributed by atoms with Gasteiger partial charge in [0.05, 0.1) is 0 Å². The Morgan fingerprint density at radius 1 is 1.25 bits per heavy atom. The maximum Gasteiger partial charge on any atom is 0.244 e. The largest absolute Gasteiger partial charge is 0.465 e. The molecule has 1 heterocycles. The van der Waals surface area contributed by atoms with Crippen molar-refractivity contribution in [3.63, 3.8) is 0 Å². The van der Waals surface area contributed by atoms with Crippen LogP contribution in [0.3, 0.4) is 0 Å². The van der Waals surface area contributed by atoms with Crippen LogP contribution in [0.15, 0.2) is 9.31 Å². The molecule has 114 valence electrons. The Bertz CT molecular complexity index is 571. The number of nitrogens with one attached hydrogen (secondary N) is 2. The summed E-state index contributed by atoms with van der Waals surface area (Å²) < 4.78 is 33.4. The highest BCUT2D eigenvalue weighted by molar-refractivity contribution is 7.89.